The molecule has 1 aliphatic heterocycles. The van der Waals surface area contributed by atoms with Crippen molar-refractivity contribution in [1.82, 2.24) is 20.0 Å². The first-order valence-corrected chi connectivity index (χ1v) is 7.19. The molecule has 0 bridgehead atoms. The molecular weight excluding hydrogens is 268 g/mol. The van der Waals surface area contributed by atoms with Gasteiger partial charge in [0.2, 0.25) is 11.8 Å². The van der Waals surface area contributed by atoms with E-state index in [9.17, 15) is 4.79 Å². The molecule has 1 amide bonds. The minimum absolute atomic E-state index is 0.132. The number of carbonyl (C=O) groups is 1. The molecule has 3 rings (SSSR count). The van der Waals surface area contributed by atoms with Crippen molar-refractivity contribution in [1.29, 1.82) is 0 Å². The summed E-state index contributed by atoms with van der Waals surface area (Å²) in [6, 6.07) is 3.78. The summed E-state index contributed by atoms with van der Waals surface area (Å²) in [6.45, 7) is 3.25. The van der Waals surface area contributed by atoms with Gasteiger partial charge < -0.3 is 9.42 Å². The number of pyridine rings is 1. The Labute approximate surface area is 123 Å². The molecule has 0 radical (unpaired) electrons. The maximum absolute atomic E-state index is 12.4. The average molecular weight is 286 g/mol. The number of rotatable bonds is 3. The molecule has 21 heavy (non-hydrogen) atoms. The predicted molar refractivity (Wildman–Crippen MR) is 75.5 cm³/mol. The van der Waals surface area contributed by atoms with E-state index in [-0.39, 0.29) is 11.8 Å². The van der Waals surface area contributed by atoms with Gasteiger partial charge >= 0.3 is 0 Å². The minimum atomic E-state index is 0.132. The fourth-order valence-electron chi connectivity index (χ4n) is 2.68. The van der Waals surface area contributed by atoms with Crippen molar-refractivity contribution in [3.05, 3.63) is 41.8 Å². The summed E-state index contributed by atoms with van der Waals surface area (Å²) in [5.41, 5.74) is 0.944. The first kappa shape index (κ1) is 13.7. The standard InChI is InChI=1S/C15H18N4O2/c1-11-17-15(18-21-11)13-5-3-7-19(10-13)14(20)8-12-4-2-6-16-9-12/h2,4,6,9,13H,3,5,7-8,10H2,1H3. The molecule has 1 saturated heterocycles. The third kappa shape index (κ3) is 3.26. The zero-order valence-corrected chi connectivity index (χ0v) is 12.0. The summed E-state index contributed by atoms with van der Waals surface area (Å²) in [7, 11) is 0. The van der Waals surface area contributed by atoms with Gasteiger partial charge in [-0.3, -0.25) is 9.78 Å². The Morgan fingerprint density at radius 1 is 1.52 bits per heavy atom. The van der Waals surface area contributed by atoms with Gasteiger partial charge in [0, 0.05) is 38.3 Å². The van der Waals surface area contributed by atoms with E-state index in [0.717, 1.165) is 24.9 Å². The van der Waals surface area contributed by atoms with Gasteiger partial charge in [0.05, 0.1) is 6.42 Å². The average Bonchev–Trinajstić information content (AvgIpc) is 2.95. The topological polar surface area (TPSA) is 72.1 Å². The maximum atomic E-state index is 12.4. The predicted octanol–water partition coefficient (Wildman–Crippen LogP) is 1.72. The fourth-order valence-corrected chi connectivity index (χ4v) is 2.68. The Kier molecular flexibility index (Phi) is 3.94. The lowest BCUT2D eigenvalue weighted by atomic mass is 9.97. The van der Waals surface area contributed by atoms with Crippen molar-refractivity contribution < 1.29 is 9.32 Å². The van der Waals surface area contributed by atoms with Crippen molar-refractivity contribution in [2.75, 3.05) is 13.1 Å². The molecule has 1 fully saturated rings. The van der Waals surface area contributed by atoms with Crippen LogP contribution in [0.25, 0.3) is 0 Å². The van der Waals surface area contributed by atoms with Crippen LogP contribution in [0.1, 0.15) is 36.0 Å². The molecular formula is C15H18N4O2. The molecule has 110 valence electrons. The third-order valence-corrected chi connectivity index (χ3v) is 3.76. The first-order valence-electron chi connectivity index (χ1n) is 7.19. The number of carbonyl (C=O) groups excluding carboxylic acids is 1. The van der Waals surface area contributed by atoms with E-state index < -0.39 is 0 Å². The second-order valence-corrected chi connectivity index (χ2v) is 5.39. The van der Waals surface area contributed by atoms with Crippen molar-refractivity contribution in [3.63, 3.8) is 0 Å². The quantitative estimate of drug-likeness (QED) is 0.859. The molecule has 0 aliphatic carbocycles. The molecule has 3 heterocycles. The van der Waals surface area contributed by atoms with E-state index in [1.165, 1.54) is 0 Å². The maximum Gasteiger partial charge on any atom is 0.227 e. The Morgan fingerprint density at radius 2 is 2.43 bits per heavy atom. The Hall–Kier alpha value is -2.24. The lowest BCUT2D eigenvalue weighted by Gasteiger charge is -2.31. The van der Waals surface area contributed by atoms with Crippen molar-refractivity contribution in [3.8, 4) is 0 Å². The minimum Gasteiger partial charge on any atom is -0.342 e. The van der Waals surface area contributed by atoms with E-state index >= 15 is 0 Å². The van der Waals surface area contributed by atoms with E-state index in [1.54, 1.807) is 19.3 Å². The van der Waals surface area contributed by atoms with Crippen LogP contribution < -0.4 is 0 Å². The van der Waals surface area contributed by atoms with Crippen LogP contribution >= 0.6 is 0 Å². The molecule has 0 spiro atoms. The van der Waals surface area contributed by atoms with Crippen LogP contribution in [0.4, 0.5) is 0 Å². The summed E-state index contributed by atoms with van der Waals surface area (Å²) in [5, 5.41) is 3.98. The first-order chi connectivity index (χ1) is 10.2. The van der Waals surface area contributed by atoms with Crippen LogP contribution in [0.15, 0.2) is 29.0 Å². The molecule has 0 aromatic carbocycles. The Bertz CT molecular complexity index is 611. The van der Waals surface area contributed by atoms with Gasteiger partial charge in [-0.15, -0.1) is 0 Å². The highest BCUT2D eigenvalue weighted by Crippen LogP contribution is 2.25. The van der Waals surface area contributed by atoms with Crippen LogP contribution in [0.5, 0.6) is 0 Å². The summed E-state index contributed by atoms with van der Waals surface area (Å²) in [4.78, 5) is 22.6. The zero-order valence-electron chi connectivity index (χ0n) is 12.0. The number of nitrogens with zero attached hydrogens (tertiary/aromatic N) is 4. The number of hydrogen-bond donors (Lipinski definition) is 0. The normalized spacial score (nSPS) is 18.7. The van der Waals surface area contributed by atoms with E-state index in [0.29, 0.717) is 24.7 Å². The molecule has 1 atom stereocenters. The monoisotopic (exact) mass is 286 g/mol. The SMILES string of the molecule is Cc1nc(C2CCCN(C(=O)Cc3cccnc3)C2)no1. The van der Waals surface area contributed by atoms with E-state index in [2.05, 4.69) is 15.1 Å². The molecule has 6 nitrogen and oxygen atoms in total. The summed E-state index contributed by atoms with van der Waals surface area (Å²) in [6.07, 6.45) is 5.81. The van der Waals surface area contributed by atoms with E-state index in [4.69, 9.17) is 4.52 Å². The lowest BCUT2D eigenvalue weighted by molar-refractivity contribution is -0.131. The molecule has 2 aromatic rings. The van der Waals surface area contributed by atoms with Gasteiger partial charge in [0.25, 0.3) is 0 Å². The van der Waals surface area contributed by atoms with Crippen LogP contribution in [0.3, 0.4) is 0 Å². The lowest BCUT2D eigenvalue weighted by Crippen LogP contribution is -2.40. The van der Waals surface area contributed by atoms with E-state index in [1.807, 2.05) is 17.0 Å². The fraction of sp³-hybridized carbons (Fsp3) is 0.467. The van der Waals surface area contributed by atoms with Gasteiger partial charge in [-0.05, 0) is 24.5 Å². The smallest absolute Gasteiger partial charge is 0.227 e. The molecule has 0 saturated carbocycles. The number of aromatic nitrogens is 3. The highest BCUT2D eigenvalue weighted by molar-refractivity contribution is 5.78. The largest absolute Gasteiger partial charge is 0.342 e. The number of likely N-dealkylation sites (tertiary alicyclic amines) is 1. The van der Waals surface area contributed by atoms with Crippen LogP contribution in [0.2, 0.25) is 0 Å². The molecule has 1 unspecified atom stereocenters. The summed E-state index contributed by atoms with van der Waals surface area (Å²) < 4.78 is 5.04. The number of hydrogen-bond acceptors (Lipinski definition) is 5. The van der Waals surface area contributed by atoms with Gasteiger partial charge in [-0.1, -0.05) is 11.2 Å². The molecule has 2 aromatic heterocycles. The van der Waals surface area contributed by atoms with Gasteiger partial charge in [0.15, 0.2) is 5.82 Å². The summed E-state index contributed by atoms with van der Waals surface area (Å²) >= 11 is 0. The van der Waals surface area contributed by atoms with Crippen molar-refractivity contribution >= 4 is 5.91 Å². The Balaban J connectivity index is 1.64. The zero-order chi connectivity index (χ0) is 14.7. The second kappa shape index (κ2) is 6.03. The Morgan fingerprint density at radius 3 is 3.14 bits per heavy atom. The van der Waals surface area contributed by atoms with Crippen LogP contribution in [-0.2, 0) is 11.2 Å². The second-order valence-electron chi connectivity index (χ2n) is 5.39. The number of piperidine rings is 1. The van der Waals surface area contributed by atoms with Gasteiger partial charge in [0.1, 0.15) is 0 Å². The summed E-state index contributed by atoms with van der Waals surface area (Å²) in [5.74, 6) is 1.59. The number of aryl methyl sites for hydroxylation is 1. The molecule has 0 N–H and O–H groups in total. The third-order valence-electron chi connectivity index (χ3n) is 3.76. The highest BCUT2D eigenvalue weighted by Gasteiger charge is 2.27. The van der Waals surface area contributed by atoms with Crippen molar-refractivity contribution in [2.45, 2.75) is 32.1 Å². The van der Waals surface area contributed by atoms with Gasteiger partial charge in [-0.2, -0.15) is 4.98 Å². The van der Waals surface area contributed by atoms with Crippen LogP contribution in [-0.4, -0.2) is 39.0 Å². The number of amides is 1. The van der Waals surface area contributed by atoms with Gasteiger partial charge in [-0.25, -0.2) is 0 Å². The van der Waals surface area contributed by atoms with Crippen LogP contribution in [0, 0.1) is 6.92 Å². The molecule has 1 aliphatic rings. The highest BCUT2D eigenvalue weighted by atomic mass is 16.5. The molecule has 6 heteroatoms. The van der Waals surface area contributed by atoms with Crippen molar-refractivity contribution in [2.24, 2.45) is 0 Å².